The van der Waals surface area contributed by atoms with Gasteiger partial charge in [-0.1, -0.05) is 30.3 Å². The van der Waals surface area contributed by atoms with Gasteiger partial charge in [0.1, 0.15) is 0 Å². The summed E-state index contributed by atoms with van der Waals surface area (Å²) in [4.78, 5) is 2.71. The minimum Gasteiger partial charge on any atom is -0.381 e. The van der Waals surface area contributed by atoms with E-state index < -0.39 is 0 Å². The van der Waals surface area contributed by atoms with Crippen LogP contribution < -0.4 is 5.32 Å². The van der Waals surface area contributed by atoms with E-state index in [0.717, 1.165) is 13.1 Å². The summed E-state index contributed by atoms with van der Waals surface area (Å²) in [5.74, 6) is 0. The van der Waals surface area contributed by atoms with Gasteiger partial charge >= 0.3 is 0 Å². The number of rotatable bonds is 3. The summed E-state index contributed by atoms with van der Waals surface area (Å²) in [7, 11) is 1.85. The maximum absolute atomic E-state index is 5.56. The number of methoxy groups -OCH3 is 1. The Bertz CT molecular complexity index is 464. The van der Waals surface area contributed by atoms with Crippen LogP contribution in [0.15, 0.2) is 30.3 Å². The van der Waals surface area contributed by atoms with Crippen LogP contribution in [-0.2, 0) is 10.3 Å². The van der Waals surface area contributed by atoms with E-state index in [1.54, 1.807) is 0 Å². The van der Waals surface area contributed by atoms with Gasteiger partial charge < -0.3 is 10.1 Å². The van der Waals surface area contributed by atoms with Gasteiger partial charge in [0.25, 0.3) is 0 Å². The molecule has 2 aliphatic rings. The van der Waals surface area contributed by atoms with Crippen LogP contribution in [0.5, 0.6) is 0 Å². The topological polar surface area (TPSA) is 24.5 Å². The largest absolute Gasteiger partial charge is 0.381 e. The van der Waals surface area contributed by atoms with E-state index in [9.17, 15) is 0 Å². The van der Waals surface area contributed by atoms with Crippen LogP contribution in [0.1, 0.15) is 38.7 Å². The van der Waals surface area contributed by atoms with Crippen LogP contribution in [0.2, 0.25) is 0 Å². The van der Waals surface area contributed by atoms with Crippen molar-refractivity contribution in [2.75, 3.05) is 20.2 Å². The molecule has 0 amide bonds. The Morgan fingerprint density at radius 3 is 2.67 bits per heavy atom. The molecule has 1 aliphatic heterocycles. The molecule has 4 atom stereocenters. The monoisotopic (exact) mass is 288 g/mol. The lowest BCUT2D eigenvalue weighted by molar-refractivity contribution is 0.0437. The third kappa shape index (κ3) is 3.01. The molecular formula is C18H28N2O. The Morgan fingerprint density at radius 2 is 2.00 bits per heavy atom. The summed E-state index contributed by atoms with van der Waals surface area (Å²) in [6.45, 7) is 6.82. The fraction of sp³-hybridized carbons (Fsp3) is 0.667. The van der Waals surface area contributed by atoms with Crippen molar-refractivity contribution in [2.24, 2.45) is 0 Å². The normalized spacial score (nSPS) is 37.8. The smallest absolute Gasteiger partial charge is 0.0586 e. The summed E-state index contributed by atoms with van der Waals surface area (Å²) in [5, 5.41) is 3.77. The van der Waals surface area contributed by atoms with Gasteiger partial charge in [0.05, 0.1) is 11.6 Å². The highest BCUT2D eigenvalue weighted by Gasteiger charge is 2.40. The van der Waals surface area contributed by atoms with E-state index in [4.69, 9.17) is 4.74 Å². The van der Waals surface area contributed by atoms with Gasteiger partial charge in [0.15, 0.2) is 0 Å². The standard InChI is InChI=1S/C18H28N2O/c1-14-12-19-18(2,15-7-5-4-6-8-15)13-20(14)16-9-10-17(11-16)21-3/h4-8,14,16-17,19H,9-13H2,1-3H3. The van der Waals surface area contributed by atoms with E-state index in [1.807, 2.05) is 7.11 Å². The van der Waals surface area contributed by atoms with E-state index in [-0.39, 0.29) is 5.54 Å². The molecule has 0 aromatic heterocycles. The summed E-state index contributed by atoms with van der Waals surface area (Å²) >= 11 is 0. The van der Waals surface area contributed by atoms with Crippen molar-refractivity contribution in [3.05, 3.63) is 35.9 Å². The highest BCUT2D eigenvalue weighted by Crippen LogP contribution is 2.33. The van der Waals surface area contributed by atoms with Crippen molar-refractivity contribution in [2.45, 2.75) is 56.8 Å². The number of nitrogens with one attached hydrogen (secondary N) is 1. The number of hydrogen-bond donors (Lipinski definition) is 1. The molecule has 1 aromatic rings. The zero-order chi connectivity index (χ0) is 14.9. The molecule has 2 fully saturated rings. The molecule has 3 rings (SSSR count). The fourth-order valence-electron chi connectivity index (χ4n) is 3.99. The fourth-order valence-corrected chi connectivity index (χ4v) is 3.99. The zero-order valence-corrected chi connectivity index (χ0v) is 13.5. The molecule has 1 saturated heterocycles. The molecule has 0 bridgehead atoms. The van der Waals surface area contributed by atoms with Gasteiger partial charge in [0, 0.05) is 32.3 Å². The van der Waals surface area contributed by atoms with Gasteiger partial charge in [-0.05, 0) is 38.7 Å². The minimum absolute atomic E-state index is 0.0545. The number of benzene rings is 1. The molecule has 4 unspecified atom stereocenters. The highest BCUT2D eigenvalue weighted by atomic mass is 16.5. The van der Waals surface area contributed by atoms with Crippen molar-refractivity contribution in [1.29, 1.82) is 0 Å². The van der Waals surface area contributed by atoms with Crippen molar-refractivity contribution in [1.82, 2.24) is 10.2 Å². The van der Waals surface area contributed by atoms with Crippen molar-refractivity contribution in [3.8, 4) is 0 Å². The van der Waals surface area contributed by atoms with Crippen molar-refractivity contribution in [3.63, 3.8) is 0 Å². The summed E-state index contributed by atoms with van der Waals surface area (Å²) in [6.07, 6.45) is 4.12. The molecule has 1 aliphatic carbocycles. The predicted octanol–water partition coefficient (Wildman–Crippen LogP) is 2.76. The van der Waals surface area contributed by atoms with Gasteiger partial charge in [-0.25, -0.2) is 0 Å². The van der Waals surface area contributed by atoms with Crippen molar-refractivity contribution < 1.29 is 4.74 Å². The van der Waals surface area contributed by atoms with Crippen LogP contribution in [0.4, 0.5) is 0 Å². The average molecular weight is 288 g/mol. The van der Waals surface area contributed by atoms with Crippen LogP contribution in [0.3, 0.4) is 0 Å². The molecule has 21 heavy (non-hydrogen) atoms. The lowest BCUT2D eigenvalue weighted by Gasteiger charge is -2.48. The lowest BCUT2D eigenvalue weighted by Crippen LogP contribution is -2.62. The van der Waals surface area contributed by atoms with Gasteiger partial charge in [0.2, 0.25) is 0 Å². The highest BCUT2D eigenvalue weighted by molar-refractivity contribution is 5.25. The van der Waals surface area contributed by atoms with E-state index in [1.165, 1.54) is 24.8 Å². The second-order valence-electron chi connectivity index (χ2n) is 6.92. The Balaban J connectivity index is 1.76. The molecule has 3 nitrogen and oxygen atoms in total. The van der Waals surface area contributed by atoms with Crippen LogP contribution in [0, 0.1) is 0 Å². The first kappa shape index (κ1) is 15.0. The lowest BCUT2D eigenvalue weighted by atomic mass is 9.87. The molecule has 1 aromatic carbocycles. The quantitative estimate of drug-likeness (QED) is 0.925. The Morgan fingerprint density at radius 1 is 1.24 bits per heavy atom. The maximum Gasteiger partial charge on any atom is 0.0586 e. The van der Waals surface area contributed by atoms with Crippen LogP contribution in [0.25, 0.3) is 0 Å². The summed E-state index contributed by atoms with van der Waals surface area (Å²) in [5.41, 5.74) is 1.45. The Kier molecular flexibility index (Phi) is 4.34. The Labute approximate surface area is 128 Å². The third-order valence-corrected chi connectivity index (χ3v) is 5.42. The predicted molar refractivity (Wildman–Crippen MR) is 86.4 cm³/mol. The minimum atomic E-state index is 0.0545. The number of nitrogens with zero attached hydrogens (tertiary/aromatic N) is 1. The van der Waals surface area contributed by atoms with Crippen molar-refractivity contribution >= 4 is 0 Å². The second-order valence-corrected chi connectivity index (χ2v) is 6.92. The Hall–Kier alpha value is -0.900. The molecule has 1 saturated carbocycles. The number of piperazine rings is 1. The zero-order valence-electron chi connectivity index (χ0n) is 13.5. The van der Waals surface area contributed by atoms with E-state index >= 15 is 0 Å². The molecule has 1 heterocycles. The van der Waals surface area contributed by atoms with E-state index in [2.05, 4.69) is 54.4 Å². The average Bonchev–Trinajstić information content (AvgIpc) is 3.00. The first-order valence-electron chi connectivity index (χ1n) is 8.21. The first-order valence-corrected chi connectivity index (χ1v) is 8.21. The van der Waals surface area contributed by atoms with Gasteiger partial charge in [-0.15, -0.1) is 0 Å². The number of hydrogen-bond acceptors (Lipinski definition) is 3. The van der Waals surface area contributed by atoms with Gasteiger partial charge in [-0.3, -0.25) is 4.90 Å². The SMILES string of the molecule is COC1CCC(N2CC(C)(c3ccccc3)NCC2C)C1. The van der Waals surface area contributed by atoms with Crippen LogP contribution in [-0.4, -0.2) is 43.3 Å². The molecule has 1 N–H and O–H groups in total. The first-order chi connectivity index (χ1) is 10.1. The maximum atomic E-state index is 5.56. The third-order valence-electron chi connectivity index (χ3n) is 5.42. The van der Waals surface area contributed by atoms with Gasteiger partial charge in [-0.2, -0.15) is 0 Å². The van der Waals surface area contributed by atoms with E-state index in [0.29, 0.717) is 18.2 Å². The molecule has 3 heteroatoms. The summed E-state index contributed by atoms with van der Waals surface area (Å²) in [6, 6.07) is 12.1. The summed E-state index contributed by atoms with van der Waals surface area (Å²) < 4.78 is 5.56. The molecular weight excluding hydrogens is 260 g/mol. The molecule has 0 radical (unpaired) electrons. The van der Waals surface area contributed by atoms with Crippen LogP contribution >= 0.6 is 0 Å². The second kappa shape index (κ2) is 6.07. The number of ether oxygens (including phenoxy) is 1. The molecule has 116 valence electrons. The molecule has 0 spiro atoms.